The van der Waals surface area contributed by atoms with Crippen molar-refractivity contribution in [2.75, 3.05) is 0 Å². The van der Waals surface area contributed by atoms with Crippen LogP contribution >= 0.6 is 0 Å². The fourth-order valence-electron chi connectivity index (χ4n) is 12.2. The summed E-state index contributed by atoms with van der Waals surface area (Å²) in [5.41, 5.74) is 10.6. The fraction of sp³-hybridized carbons (Fsp3) is 0. The van der Waals surface area contributed by atoms with Crippen molar-refractivity contribution in [3.8, 4) is 40.1 Å². The van der Waals surface area contributed by atoms with Crippen LogP contribution in [0.3, 0.4) is 0 Å². The molecule has 0 spiro atoms. The van der Waals surface area contributed by atoms with E-state index in [4.69, 9.17) is 15.0 Å². The third kappa shape index (κ3) is 6.69. The molecule has 7 heteroatoms. The van der Waals surface area contributed by atoms with Gasteiger partial charge in [-0.25, -0.2) is 4.98 Å². The van der Waals surface area contributed by atoms with Gasteiger partial charge in [0, 0.05) is 49.1 Å². The fourth-order valence-corrected chi connectivity index (χ4v) is 17.0. The molecule has 4 aromatic heterocycles. The summed E-state index contributed by atoms with van der Waals surface area (Å²) < 4.78 is 7.11. The smallest absolute Gasteiger partial charge is 0.238 e. The molecular weight excluding hydrogens is 941 g/mol. The van der Waals surface area contributed by atoms with E-state index in [9.17, 15) is 0 Å². The van der Waals surface area contributed by atoms with Crippen LogP contribution in [0.5, 0.6) is 0 Å². The number of para-hydroxylation sites is 5. The second-order valence-electron chi connectivity index (χ2n) is 19.5. The highest BCUT2D eigenvalue weighted by Crippen LogP contribution is 2.41. The first-order valence-electron chi connectivity index (χ1n) is 25.9. The molecule has 0 aliphatic heterocycles. The number of rotatable bonds is 9. The average Bonchev–Trinajstić information content (AvgIpc) is 4.17. The number of benzene rings is 11. The standard InChI is InChI=1S/C69H46N6Si/c1-5-23-47(24-6-1)67-70-68(48-25-21-32-53(45-48)76(50-26-7-2-8-27-50,51-28-9-3-10-29-51)52-30-11-4-12-31-52)72-69(71-67)75-63-41-20-15-35-56(63)58-37-22-42-65(66(58)75)74-62-40-19-16-36-57(62)59-46-49(43-44-64(59)74)73-60-38-17-13-33-54(60)55-34-14-18-39-61(55)73/h1-46H. The summed E-state index contributed by atoms with van der Waals surface area (Å²) in [6.07, 6.45) is 0. The van der Waals surface area contributed by atoms with E-state index in [-0.39, 0.29) is 0 Å². The Balaban J connectivity index is 0.979. The molecule has 11 aromatic carbocycles. The van der Waals surface area contributed by atoms with Gasteiger partial charge in [0.25, 0.3) is 0 Å². The van der Waals surface area contributed by atoms with Crippen molar-refractivity contribution in [2.24, 2.45) is 0 Å². The van der Waals surface area contributed by atoms with Crippen molar-refractivity contribution in [3.63, 3.8) is 0 Å². The molecule has 0 saturated heterocycles. The summed E-state index contributed by atoms with van der Waals surface area (Å²) in [6.45, 7) is 0. The first kappa shape index (κ1) is 43.6. The zero-order valence-corrected chi connectivity index (χ0v) is 42.2. The number of fused-ring (bicyclic) bond motifs is 9. The number of nitrogens with zero attached hydrogens (tertiary/aromatic N) is 6. The maximum Gasteiger partial charge on any atom is 0.238 e. The van der Waals surface area contributed by atoms with Gasteiger partial charge in [0.1, 0.15) is 0 Å². The zero-order valence-electron chi connectivity index (χ0n) is 41.2. The topological polar surface area (TPSA) is 53.5 Å². The highest BCUT2D eigenvalue weighted by atomic mass is 28.3. The van der Waals surface area contributed by atoms with Crippen LogP contribution < -0.4 is 20.7 Å². The molecule has 4 heterocycles. The normalized spacial score (nSPS) is 11.9. The lowest BCUT2D eigenvalue weighted by Gasteiger charge is -2.34. The van der Waals surface area contributed by atoms with Crippen molar-refractivity contribution in [3.05, 3.63) is 279 Å². The van der Waals surface area contributed by atoms with Gasteiger partial charge < -0.3 is 9.13 Å². The summed E-state index contributed by atoms with van der Waals surface area (Å²) in [6, 6.07) is 101. The minimum absolute atomic E-state index is 0.542. The van der Waals surface area contributed by atoms with Crippen LogP contribution in [-0.2, 0) is 0 Å². The molecule has 0 aliphatic rings. The Morgan fingerprint density at radius 1 is 0.263 bits per heavy atom. The van der Waals surface area contributed by atoms with E-state index in [1.807, 2.05) is 18.2 Å². The Hall–Kier alpha value is -9.95. The highest BCUT2D eigenvalue weighted by molar-refractivity contribution is 7.19. The maximum atomic E-state index is 5.59. The molecule has 0 N–H and O–H groups in total. The van der Waals surface area contributed by atoms with Crippen LogP contribution in [0.1, 0.15) is 0 Å². The lowest BCUT2D eigenvalue weighted by atomic mass is 10.1. The van der Waals surface area contributed by atoms with E-state index in [0.29, 0.717) is 17.6 Å². The maximum absolute atomic E-state index is 5.59. The second-order valence-corrected chi connectivity index (χ2v) is 23.3. The number of hydrogen-bond acceptors (Lipinski definition) is 3. The molecule has 15 aromatic rings. The van der Waals surface area contributed by atoms with Crippen LogP contribution in [0.25, 0.3) is 106 Å². The second kappa shape index (κ2) is 17.6. The van der Waals surface area contributed by atoms with Gasteiger partial charge in [0.15, 0.2) is 19.7 Å². The van der Waals surface area contributed by atoms with E-state index in [2.05, 4.69) is 275 Å². The number of aromatic nitrogens is 6. The van der Waals surface area contributed by atoms with E-state index in [1.54, 1.807) is 0 Å². The van der Waals surface area contributed by atoms with Gasteiger partial charge in [-0.15, -0.1) is 0 Å². The Labute approximate surface area is 439 Å². The molecule has 0 aliphatic carbocycles. The predicted octanol–water partition coefficient (Wildman–Crippen LogP) is 13.9. The van der Waals surface area contributed by atoms with E-state index < -0.39 is 8.07 Å². The summed E-state index contributed by atoms with van der Waals surface area (Å²) in [7, 11) is -2.89. The molecule has 76 heavy (non-hydrogen) atoms. The largest absolute Gasteiger partial charge is 0.309 e. The summed E-state index contributed by atoms with van der Waals surface area (Å²) in [5, 5.41) is 12.2. The van der Waals surface area contributed by atoms with Gasteiger partial charge >= 0.3 is 0 Å². The molecule has 0 fully saturated rings. The van der Waals surface area contributed by atoms with Gasteiger partial charge in [-0.1, -0.05) is 231 Å². The summed E-state index contributed by atoms with van der Waals surface area (Å²) >= 11 is 0. The summed E-state index contributed by atoms with van der Waals surface area (Å²) in [5.74, 6) is 1.74. The average molecular weight is 987 g/mol. The molecule has 0 saturated carbocycles. The molecule has 0 atom stereocenters. The van der Waals surface area contributed by atoms with E-state index in [0.717, 1.165) is 55.3 Å². The molecule has 15 rings (SSSR count). The SMILES string of the molecule is c1ccc(-c2nc(-c3cccc([Si](c4ccccc4)(c4ccccc4)c4ccccc4)c3)nc(-n3c4ccccc4c4cccc(-n5c6ccccc6c6cc(-n7c8ccccc8c8ccccc87)ccc65)c43)n2)cc1. The lowest BCUT2D eigenvalue weighted by Crippen LogP contribution is -2.74. The van der Waals surface area contributed by atoms with Crippen LogP contribution in [0, 0.1) is 0 Å². The first-order chi connectivity index (χ1) is 37.7. The Kier molecular flexibility index (Phi) is 10.1. The van der Waals surface area contributed by atoms with Crippen molar-refractivity contribution in [1.82, 2.24) is 28.7 Å². The minimum atomic E-state index is -2.89. The Bertz CT molecular complexity index is 4550. The van der Waals surface area contributed by atoms with Crippen LogP contribution in [0.2, 0.25) is 0 Å². The Morgan fingerprint density at radius 3 is 1.25 bits per heavy atom. The van der Waals surface area contributed by atoms with Gasteiger partial charge in [-0.3, -0.25) is 4.57 Å². The summed E-state index contributed by atoms with van der Waals surface area (Å²) in [4.78, 5) is 16.4. The third-order valence-electron chi connectivity index (χ3n) is 15.4. The van der Waals surface area contributed by atoms with E-state index in [1.165, 1.54) is 53.3 Å². The molecule has 6 nitrogen and oxygen atoms in total. The molecule has 356 valence electrons. The molecule has 0 bridgehead atoms. The van der Waals surface area contributed by atoms with E-state index >= 15 is 0 Å². The zero-order chi connectivity index (χ0) is 50.2. The quantitative estimate of drug-likeness (QED) is 0.107. The van der Waals surface area contributed by atoms with Gasteiger partial charge in [-0.2, -0.15) is 9.97 Å². The highest BCUT2D eigenvalue weighted by Gasteiger charge is 2.41. The third-order valence-corrected chi connectivity index (χ3v) is 20.2. The van der Waals surface area contributed by atoms with Gasteiger partial charge in [0.05, 0.1) is 38.8 Å². The molecular formula is C69H46N6Si. The molecule has 0 amide bonds. The number of hydrogen-bond donors (Lipinski definition) is 0. The van der Waals surface area contributed by atoms with Crippen molar-refractivity contribution in [2.45, 2.75) is 0 Å². The van der Waals surface area contributed by atoms with Crippen molar-refractivity contribution in [1.29, 1.82) is 0 Å². The van der Waals surface area contributed by atoms with Crippen LogP contribution in [0.15, 0.2) is 279 Å². The van der Waals surface area contributed by atoms with Gasteiger partial charge in [0.2, 0.25) is 5.95 Å². The first-order valence-corrected chi connectivity index (χ1v) is 27.9. The monoisotopic (exact) mass is 986 g/mol. The van der Waals surface area contributed by atoms with Crippen LogP contribution in [0.4, 0.5) is 0 Å². The van der Waals surface area contributed by atoms with Crippen LogP contribution in [-0.4, -0.2) is 36.7 Å². The predicted molar refractivity (Wildman–Crippen MR) is 317 cm³/mol. The van der Waals surface area contributed by atoms with Gasteiger partial charge in [-0.05, 0) is 69.3 Å². The molecule has 0 radical (unpaired) electrons. The van der Waals surface area contributed by atoms with Crippen molar-refractivity contribution >= 4 is 94.2 Å². The Morgan fingerprint density at radius 2 is 0.671 bits per heavy atom. The molecule has 0 unspecified atom stereocenters. The van der Waals surface area contributed by atoms with Crippen molar-refractivity contribution < 1.29 is 0 Å². The lowest BCUT2D eigenvalue weighted by molar-refractivity contribution is 0.950. The minimum Gasteiger partial charge on any atom is -0.309 e.